The van der Waals surface area contributed by atoms with E-state index in [4.69, 9.17) is 40.5 Å². The van der Waals surface area contributed by atoms with Gasteiger partial charge in [0.2, 0.25) is 9.05 Å². The van der Waals surface area contributed by atoms with Crippen LogP contribution in [-0.2, 0) is 43.6 Å². The van der Waals surface area contributed by atoms with Crippen molar-refractivity contribution in [3.8, 4) is 0 Å². The van der Waals surface area contributed by atoms with Gasteiger partial charge >= 0.3 is 11.9 Å². The maximum Gasteiger partial charge on any atom is 0.337 e. The van der Waals surface area contributed by atoms with Gasteiger partial charge in [-0.25, -0.2) is 26.4 Å². The molecule has 0 saturated carbocycles. The van der Waals surface area contributed by atoms with Gasteiger partial charge in [0, 0.05) is 56.0 Å². The Labute approximate surface area is 304 Å². The second kappa shape index (κ2) is 18.3. The quantitative estimate of drug-likeness (QED) is 0.244. The summed E-state index contributed by atoms with van der Waals surface area (Å²) >= 11 is 0. The third kappa shape index (κ3) is 13.0. The molecule has 4 N–H and O–H groups in total. The van der Waals surface area contributed by atoms with Crippen LogP contribution in [0.15, 0.2) is 48.5 Å². The molecule has 2 spiro atoms. The van der Waals surface area contributed by atoms with Gasteiger partial charge in [-0.05, 0) is 87.0 Å². The number of hydrogen-bond donors (Lipinski definition) is 3. The Bertz CT molecular complexity index is 1680. The van der Waals surface area contributed by atoms with Gasteiger partial charge < -0.3 is 34.9 Å². The molecule has 2 unspecified atom stereocenters. The van der Waals surface area contributed by atoms with Gasteiger partial charge in [-0.2, -0.15) is 0 Å². The van der Waals surface area contributed by atoms with Crippen LogP contribution in [-0.4, -0.2) is 101 Å². The minimum atomic E-state index is -3.40. The van der Waals surface area contributed by atoms with Crippen molar-refractivity contribution in [2.45, 2.75) is 68.3 Å². The number of aromatic carboxylic acids is 2. The number of hydrogen-bond acceptors (Lipinski definition) is 11. The lowest BCUT2D eigenvalue weighted by Gasteiger charge is -2.43. The standard InChI is InChI=1S/C18H24O6S.C10H17ClO4S.C7H7NO2/c19-17(20)16-4-2-1-3-15(16)13-25(21,22)12-14-5-8-24-18(11-14)6-9-23-10-7-18;11-16(12,13)8-9-1-4-15-10(7-9)2-5-14-6-3-10;8-6-4-2-1-3-5(6)7(9)10/h1-4,14H,5-13H2,(H,19,20);9H,1-8H2;1-4H,8H2,(H,9,10). The van der Waals surface area contributed by atoms with Crippen LogP contribution < -0.4 is 5.73 Å². The largest absolute Gasteiger partial charge is 0.478 e. The van der Waals surface area contributed by atoms with Crippen molar-refractivity contribution in [3.05, 3.63) is 65.2 Å². The smallest absolute Gasteiger partial charge is 0.337 e. The van der Waals surface area contributed by atoms with Crippen LogP contribution in [0.4, 0.5) is 5.69 Å². The highest BCUT2D eigenvalue weighted by Crippen LogP contribution is 2.39. The number of rotatable bonds is 8. The lowest BCUT2D eigenvalue weighted by atomic mass is 9.81. The first-order chi connectivity index (χ1) is 24.1. The molecular formula is C35H48ClNO12S2. The average molecular weight is 774 g/mol. The molecule has 0 radical (unpaired) electrons. The molecule has 2 atom stereocenters. The van der Waals surface area contributed by atoms with Crippen LogP contribution >= 0.6 is 10.7 Å². The van der Waals surface area contributed by atoms with Crippen LogP contribution in [0.2, 0.25) is 0 Å². The van der Waals surface area contributed by atoms with Crippen molar-refractivity contribution in [2.24, 2.45) is 11.8 Å². The van der Waals surface area contributed by atoms with Gasteiger partial charge in [-0.15, -0.1) is 0 Å². The molecule has 4 heterocycles. The SMILES string of the molecule is Nc1ccccc1C(=O)O.O=C(O)c1ccccc1CS(=O)(=O)CC1CCOC2(CCOCC2)C1.O=S(=O)(Cl)CC1CCOC2(CCOCC2)C1. The van der Waals surface area contributed by atoms with E-state index in [2.05, 4.69) is 0 Å². The first kappa shape index (κ1) is 41.0. The molecule has 4 aliphatic rings. The normalized spacial score (nSPS) is 22.8. The van der Waals surface area contributed by atoms with Gasteiger partial charge in [0.25, 0.3) is 0 Å². The molecule has 13 nitrogen and oxygen atoms in total. The summed E-state index contributed by atoms with van der Waals surface area (Å²) in [6.45, 7) is 3.95. The van der Waals surface area contributed by atoms with E-state index in [0.29, 0.717) is 50.9 Å². The number of sulfone groups is 1. The molecule has 0 aliphatic carbocycles. The van der Waals surface area contributed by atoms with Gasteiger partial charge in [-0.1, -0.05) is 30.3 Å². The van der Waals surface area contributed by atoms with E-state index < -0.39 is 30.8 Å². The van der Waals surface area contributed by atoms with E-state index in [-0.39, 0.29) is 51.4 Å². The predicted molar refractivity (Wildman–Crippen MR) is 191 cm³/mol. The summed E-state index contributed by atoms with van der Waals surface area (Å²) in [5, 5.41) is 17.7. The van der Waals surface area contributed by atoms with E-state index in [0.717, 1.165) is 51.4 Å². The first-order valence-electron chi connectivity index (χ1n) is 17.1. The van der Waals surface area contributed by atoms with Crippen LogP contribution in [0.25, 0.3) is 0 Å². The summed E-state index contributed by atoms with van der Waals surface area (Å²) in [4.78, 5) is 21.6. The number of para-hydroxylation sites is 1. The number of anilines is 1. The lowest BCUT2D eigenvalue weighted by molar-refractivity contribution is -0.144. The topological polar surface area (TPSA) is 206 Å². The number of nitrogens with two attached hydrogens (primary N) is 1. The number of ether oxygens (including phenoxy) is 4. The van der Waals surface area contributed by atoms with Crippen LogP contribution in [0.1, 0.15) is 77.6 Å². The molecule has 4 fully saturated rings. The molecule has 2 aromatic carbocycles. The third-order valence-corrected chi connectivity index (χ3v) is 12.7. The molecule has 284 valence electrons. The highest BCUT2D eigenvalue weighted by molar-refractivity contribution is 8.13. The molecule has 6 rings (SSSR count). The van der Waals surface area contributed by atoms with E-state index in [1.54, 1.807) is 36.4 Å². The maximum absolute atomic E-state index is 12.7. The summed E-state index contributed by atoms with van der Waals surface area (Å²) in [5.41, 5.74) is 5.81. The minimum Gasteiger partial charge on any atom is -0.478 e. The zero-order chi connectivity index (χ0) is 37.1. The van der Waals surface area contributed by atoms with Gasteiger partial charge in [0.1, 0.15) is 0 Å². The number of carbonyl (C=O) groups is 2. The second-order valence-electron chi connectivity index (χ2n) is 13.6. The number of carboxylic acids is 2. The molecule has 4 aliphatic heterocycles. The van der Waals surface area contributed by atoms with Crippen molar-refractivity contribution in [3.63, 3.8) is 0 Å². The molecule has 0 aromatic heterocycles. The molecule has 4 saturated heterocycles. The summed E-state index contributed by atoms with van der Waals surface area (Å²) in [6.07, 6.45) is 6.39. The Morgan fingerprint density at radius 3 is 1.61 bits per heavy atom. The zero-order valence-electron chi connectivity index (χ0n) is 28.5. The fraction of sp³-hybridized carbons (Fsp3) is 0.600. The van der Waals surface area contributed by atoms with Crippen LogP contribution in [0.5, 0.6) is 0 Å². The Morgan fingerprint density at radius 1 is 0.706 bits per heavy atom. The highest BCUT2D eigenvalue weighted by Gasteiger charge is 2.41. The number of nitrogen functional groups attached to an aromatic ring is 1. The maximum atomic E-state index is 12.7. The molecule has 0 bridgehead atoms. The van der Waals surface area contributed by atoms with Gasteiger partial charge in [0.05, 0.1) is 39.6 Å². The summed E-state index contributed by atoms with van der Waals surface area (Å²) < 4.78 is 70.0. The predicted octanol–water partition coefficient (Wildman–Crippen LogP) is 4.77. The molecular weight excluding hydrogens is 726 g/mol. The van der Waals surface area contributed by atoms with Crippen molar-refractivity contribution in [2.75, 3.05) is 56.9 Å². The van der Waals surface area contributed by atoms with E-state index >= 15 is 0 Å². The Kier molecular flexibility index (Phi) is 14.7. The Balaban J connectivity index is 0.000000191. The first-order valence-corrected chi connectivity index (χ1v) is 21.4. The molecule has 2 aromatic rings. The zero-order valence-corrected chi connectivity index (χ0v) is 30.9. The fourth-order valence-electron chi connectivity index (χ4n) is 7.21. The number of benzene rings is 2. The van der Waals surface area contributed by atoms with Gasteiger partial charge in [-0.3, -0.25) is 0 Å². The van der Waals surface area contributed by atoms with Gasteiger partial charge in [0.15, 0.2) is 9.84 Å². The van der Waals surface area contributed by atoms with Crippen LogP contribution in [0, 0.1) is 11.8 Å². The summed E-state index contributed by atoms with van der Waals surface area (Å²) in [7, 11) is -1.49. The fourth-order valence-corrected chi connectivity index (χ4v) is 10.4. The Hall–Kier alpha value is -2.79. The monoisotopic (exact) mass is 773 g/mol. The molecule has 51 heavy (non-hydrogen) atoms. The van der Waals surface area contributed by atoms with Crippen molar-refractivity contribution < 1.29 is 55.6 Å². The Morgan fingerprint density at radius 2 is 1.16 bits per heavy atom. The van der Waals surface area contributed by atoms with Crippen molar-refractivity contribution in [1.82, 2.24) is 0 Å². The minimum absolute atomic E-state index is 0.0499. The summed E-state index contributed by atoms with van der Waals surface area (Å²) in [6, 6.07) is 12.7. The average Bonchev–Trinajstić information content (AvgIpc) is 3.05. The van der Waals surface area contributed by atoms with Crippen LogP contribution in [0.3, 0.4) is 0 Å². The highest BCUT2D eigenvalue weighted by atomic mass is 35.7. The number of halogens is 1. The number of carboxylic acid groups (broad SMARTS) is 2. The van der Waals surface area contributed by atoms with E-state index in [9.17, 15) is 31.5 Å². The van der Waals surface area contributed by atoms with Crippen molar-refractivity contribution >= 4 is 47.2 Å². The van der Waals surface area contributed by atoms with E-state index in [1.165, 1.54) is 12.1 Å². The molecule has 0 amide bonds. The van der Waals surface area contributed by atoms with Crippen molar-refractivity contribution in [1.29, 1.82) is 0 Å². The second-order valence-corrected chi connectivity index (χ2v) is 18.6. The van der Waals surface area contributed by atoms with E-state index in [1.807, 2.05) is 0 Å². The lowest BCUT2D eigenvalue weighted by Crippen LogP contribution is -2.45. The molecule has 16 heteroatoms. The third-order valence-electron chi connectivity index (χ3n) is 9.74. The summed E-state index contributed by atoms with van der Waals surface area (Å²) in [5.74, 6) is -1.99.